The molecule has 3 rings (SSSR count). The maximum Gasteiger partial charge on any atom is 0.408 e. The number of benzene rings is 1. The number of carbonyl (C=O) groups excluding carboxylic acids is 1. The molecule has 0 aliphatic carbocycles. The summed E-state index contributed by atoms with van der Waals surface area (Å²) >= 11 is 0. The number of alkyl carbamates (subject to hydrolysis) is 1. The lowest BCUT2D eigenvalue weighted by Crippen LogP contribution is -2.45. The molecule has 0 radical (unpaired) electrons. The molecule has 3 aromatic rings. The van der Waals surface area contributed by atoms with Crippen LogP contribution in [0.15, 0.2) is 41.5 Å². The zero-order valence-electron chi connectivity index (χ0n) is 20.0. The van der Waals surface area contributed by atoms with E-state index in [1.165, 1.54) is 19.2 Å². The number of carbonyl (C=O) groups is 1. The van der Waals surface area contributed by atoms with Gasteiger partial charge in [-0.05, 0) is 57.9 Å². The molecule has 2 aromatic heterocycles. The van der Waals surface area contributed by atoms with E-state index >= 15 is 0 Å². The molecule has 0 fully saturated rings. The number of aromatic amines is 1. The van der Waals surface area contributed by atoms with Gasteiger partial charge in [0.15, 0.2) is 11.5 Å². The topological polar surface area (TPSA) is 119 Å². The molecule has 0 bridgehead atoms. The lowest BCUT2D eigenvalue weighted by Gasteiger charge is -2.28. The third kappa shape index (κ3) is 6.15. The average Bonchev–Trinajstić information content (AvgIpc) is 2.73. The van der Waals surface area contributed by atoms with Gasteiger partial charge in [-0.25, -0.2) is 24.1 Å². The standard InChI is InChI=1S/C24H28FN5O4/c1-23(2,3)34-22(32)30-24(4,5)21-28-17(18(33-6)20(31)29-21)19-26-12-15(13-27-19)11-14-7-9-16(25)10-8-14/h7-10,12-13H,11H2,1-6H3,(H,30,32)(H,28,29,31). The van der Waals surface area contributed by atoms with E-state index in [-0.39, 0.29) is 28.9 Å². The molecule has 10 heteroatoms. The maximum absolute atomic E-state index is 13.1. The van der Waals surface area contributed by atoms with Crippen LogP contribution in [0.1, 0.15) is 51.6 Å². The number of nitrogens with one attached hydrogen (secondary N) is 2. The molecule has 34 heavy (non-hydrogen) atoms. The van der Waals surface area contributed by atoms with Gasteiger partial charge in [0.1, 0.15) is 17.2 Å². The van der Waals surface area contributed by atoms with Crippen LogP contribution in [0.5, 0.6) is 5.75 Å². The number of halogens is 1. The van der Waals surface area contributed by atoms with Crippen LogP contribution in [0.4, 0.5) is 9.18 Å². The molecule has 0 saturated heterocycles. The number of rotatable bonds is 6. The molecule has 0 spiro atoms. The smallest absolute Gasteiger partial charge is 0.408 e. The molecular formula is C24H28FN5O4. The van der Waals surface area contributed by atoms with Gasteiger partial charge >= 0.3 is 6.09 Å². The predicted molar refractivity (Wildman–Crippen MR) is 124 cm³/mol. The Morgan fingerprint density at radius 1 is 1.06 bits per heavy atom. The van der Waals surface area contributed by atoms with E-state index in [1.807, 2.05) is 0 Å². The third-order valence-corrected chi connectivity index (χ3v) is 4.73. The number of aromatic nitrogens is 4. The summed E-state index contributed by atoms with van der Waals surface area (Å²) in [5.74, 6) is 0.00378. The Hall–Kier alpha value is -3.82. The Bertz CT molecular complexity index is 1220. The van der Waals surface area contributed by atoms with E-state index in [2.05, 4.69) is 25.3 Å². The molecule has 1 aromatic carbocycles. The van der Waals surface area contributed by atoms with E-state index in [0.717, 1.165) is 11.1 Å². The van der Waals surface area contributed by atoms with Gasteiger partial charge in [-0.2, -0.15) is 0 Å². The maximum atomic E-state index is 13.1. The fraction of sp³-hybridized carbons (Fsp3) is 0.375. The van der Waals surface area contributed by atoms with Crippen LogP contribution < -0.4 is 15.6 Å². The molecule has 0 saturated carbocycles. The Morgan fingerprint density at radius 3 is 2.24 bits per heavy atom. The van der Waals surface area contributed by atoms with Crippen molar-refractivity contribution >= 4 is 6.09 Å². The molecule has 0 unspecified atom stereocenters. The first-order valence-electron chi connectivity index (χ1n) is 10.6. The van der Waals surface area contributed by atoms with Crippen molar-refractivity contribution in [1.29, 1.82) is 0 Å². The monoisotopic (exact) mass is 469 g/mol. The highest BCUT2D eigenvalue weighted by atomic mass is 19.1. The first-order chi connectivity index (χ1) is 15.9. The van der Waals surface area contributed by atoms with Crippen LogP contribution in [-0.2, 0) is 16.7 Å². The largest absolute Gasteiger partial charge is 0.489 e. The number of nitrogens with zero attached hydrogens (tertiary/aromatic N) is 3. The second-order valence-electron chi connectivity index (χ2n) is 9.27. The molecule has 0 atom stereocenters. The fourth-order valence-electron chi connectivity index (χ4n) is 3.12. The summed E-state index contributed by atoms with van der Waals surface area (Å²) in [6.07, 6.45) is 3.08. The van der Waals surface area contributed by atoms with E-state index in [9.17, 15) is 14.0 Å². The molecule has 180 valence electrons. The summed E-state index contributed by atoms with van der Waals surface area (Å²) < 4.78 is 23.7. The first kappa shape index (κ1) is 24.8. The van der Waals surface area contributed by atoms with Gasteiger partial charge in [0.25, 0.3) is 5.56 Å². The second-order valence-corrected chi connectivity index (χ2v) is 9.27. The molecule has 0 aliphatic rings. The van der Waals surface area contributed by atoms with Crippen LogP contribution in [0.3, 0.4) is 0 Å². The number of hydrogen-bond acceptors (Lipinski definition) is 7. The van der Waals surface area contributed by atoms with Gasteiger partial charge < -0.3 is 19.8 Å². The summed E-state index contributed by atoms with van der Waals surface area (Å²) in [4.78, 5) is 40.9. The minimum Gasteiger partial charge on any atom is -0.489 e. The van der Waals surface area contributed by atoms with E-state index < -0.39 is 22.8 Å². The van der Waals surface area contributed by atoms with Crippen LogP contribution in [0.25, 0.3) is 11.5 Å². The minimum atomic E-state index is -1.08. The highest BCUT2D eigenvalue weighted by molar-refractivity contribution is 5.69. The van der Waals surface area contributed by atoms with Crippen molar-refractivity contribution in [3.8, 4) is 17.3 Å². The van der Waals surface area contributed by atoms with Crippen molar-refractivity contribution in [2.75, 3.05) is 7.11 Å². The SMILES string of the molecule is COc1c(-c2ncc(Cc3ccc(F)cc3)cn2)nc(C(C)(C)NC(=O)OC(C)(C)C)[nH]c1=O. The van der Waals surface area contributed by atoms with Gasteiger partial charge in [0.2, 0.25) is 5.75 Å². The second kappa shape index (κ2) is 9.58. The summed E-state index contributed by atoms with van der Waals surface area (Å²) in [5.41, 5.74) is -0.469. The number of ether oxygens (including phenoxy) is 2. The summed E-state index contributed by atoms with van der Waals surface area (Å²) in [5, 5.41) is 2.71. The van der Waals surface area contributed by atoms with Crippen molar-refractivity contribution in [1.82, 2.24) is 25.3 Å². The summed E-state index contributed by atoms with van der Waals surface area (Å²) in [7, 11) is 1.35. The Balaban J connectivity index is 1.91. The Labute approximate surface area is 196 Å². The van der Waals surface area contributed by atoms with Crippen LogP contribution in [-0.4, -0.2) is 38.7 Å². The molecular weight excluding hydrogens is 441 g/mol. The molecule has 2 N–H and O–H groups in total. The van der Waals surface area contributed by atoms with Crippen molar-refractivity contribution in [3.05, 3.63) is 69.8 Å². The van der Waals surface area contributed by atoms with Crippen molar-refractivity contribution in [3.63, 3.8) is 0 Å². The van der Waals surface area contributed by atoms with Crippen LogP contribution >= 0.6 is 0 Å². The first-order valence-corrected chi connectivity index (χ1v) is 10.6. The average molecular weight is 470 g/mol. The third-order valence-electron chi connectivity index (χ3n) is 4.73. The van der Waals surface area contributed by atoms with Gasteiger partial charge in [0.05, 0.1) is 12.6 Å². The highest BCUT2D eigenvalue weighted by Crippen LogP contribution is 2.25. The summed E-state index contributed by atoms with van der Waals surface area (Å²) in [6.45, 7) is 8.61. The number of methoxy groups -OCH3 is 1. The van der Waals surface area contributed by atoms with E-state index in [1.54, 1.807) is 59.1 Å². The highest BCUT2D eigenvalue weighted by Gasteiger charge is 2.30. The zero-order valence-corrected chi connectivity index (χ0v) is 20.0. The molecule has 1 amide bonds. The van der Waals surface area contributed by atoms with Crippen LogP contribution in [0.2, 0.25) is 0 Å². The fourth-order valence-corrected chi connectivity index (χ4v) is 3.12. The number of hydrogen-bond donors (Lipinski definition) is 2. The summed E-state index contributed by atoms with van der Waals surface area (Å²) in [6, 6.07) is 6.17. The Morgan fingerprint density at radius 2 is 1.68 bits per heavy atom. The number of H-pyrrole nitrogens is 1. The predicted octanol–water partition coefficient (Wildman–Crippen LogP) is 3.73. The van der Waals surface area contributed by atoms with Gasteiger partial charge in [-0.15, -0.1) is 0 Å². The van der Waals surface area contributed by atoms with Crippen molar-refractivity contribution in [2.45, 2.75) is 52.2 Å². The van der Waals surface area contributed by atoms with Crippen molar-refractivity contribution < 1.29 is 18.7 Å². The van der Waals surface area contributed by atoms with Gasteiger partial charge in [-0.1, -0.05) is 12.1 Å². The van der Waals surface area contributed by atoms with E-state index in [0.29, 0.717) is 6.42 Å². The molecule has 2 heterocycles. The lowest BCUT2D eigenvalue weighted by molar-refractivity contribution is 0.0466. The number of amides is 1. The van der Waals surface area contributed by atoms with Gasteiger partial charge in [0, 0.05) is 18.8 Å². The molecule has 0 aliphatic heterocycles. The quantitative estimate of drug-likeness (QED) is 0.565. The van der Waals surface area contributed by atoms with Gasteiger partial charge in [-0.3, -0.25) is 4.79 Å². The van der Waals surface area contributed by atoms with Crippen molar-refractivity contribution in [2.24, 2.45) is 0 Å². The minimum absolute atomic E-state index is 0.0527. The molecule has 9 nitrogen and oxygen atoms in total. The van der Waals surface area contributed by atoms with E-state index in [4.69, 9.17) is 9.47 Å². The van der Waals surface area contributed by atoms with Crippen LogP contribution in [0, 0.1) is 5.82 Å². The lowest BCUT2D eigenvalue weighted by atomic mass is 10.0. The zero-order chi connectivity index (χ0) is 25.1. The normalized spacial score (nSPS) is 11.7. The Kier molecular flexibility index (Phi) is 6.99.